The van der Waals surface area contributed by atoms with E-state index in [4.69, 9.17) is 9.31 Å². The first-order valence-corrected chi connectivity index (χ1v) is 11.5. The highest BCUT2D eigenvalue weighted by Crippen LogP contribution is 2.36. The van der Waals surface area contributed by atoms with Crippen LogP contribution in [0.3, 0.4) is 0 Å². The lowest BCUT2D eigenvalue weighted by atomic mass is 9.75. The van der Waals surface area contributed by atoms with E-state index in [-0.39, 0.29) is 29.2 Å². The Morgan fingerprint density at radius 2 is 1.10 bits per heavy atom. The third kappa shape index (κ3) is 6.02. The Bertz CT molecular complexity index is 882. The Balaban J connectivity index is 0.000000262. The Hall–Kier alpha value is -1.58. The van der Waals surface area contributed by atoms with Crippen LogP contribution in [0.1, 0.15) is 91.5 Å². The van der Waals surface area contributed by atoms with Crippen molar-refractivity contribution in [3.05, 3.63) is 64.7 Å². The molecule has 1 aliphatic rings. The first-order valence-electron chi connectivity index (χ1n) is 11.5. The number of rotatable bonds is 1. The van der Waals surface area contributed by atoms with Crippen molar-refractivity contribution in [1.29, 1.82) is 0 Å². The molecule has 1 aliphatic heterocycles. The van der Waals surface area contributed by atoms with Gasteiger partial charge in [0.2, 0.25) is 0 Å². The lowest BCUT2D eigenvalue weighted by Crippen LogP contribution is -2.41. The van der Waals surface area contributed by atoms with Crippen molar-refractivity contribution in [3.63, 3.8) is 0 Å². The van der Waals surface area contributed by atoms with Crippen molar-refractivity contribution in [3.8, 4) is 0 Å². The minimum atomic E-state index is -0.283. The third-order valence-electron chi connectivity index (χ3n) is 6.54. The molecular formula is C28H43BO2. The maximum absolute atomic E-state index is 6.11. The molecule has 0 saturated carbocycles. The normalized spacial score (nSPS) is 17.9. The van der Waals surface area contributed by atoms with E-state index < -0.39 is 0 Å². The molecule has 1 saturated heterocycles. The second kappa shape index (κ2) is 8.75. The fourth-order valence-electron chi connectivity index (χ4n) is 4.07. The van der Waals surface area contributed by atoms with Gasteiger partial charge in [-0.2, -0.15) is 0 Å². The quantitative estimate of drug-likeness (QED) is 0.466. The maximum atomic E-state index is 6.11. The van der Waals surface area contributed by atoms with Crippen LogP contribution in [0.15, 0.2) is 42.5 Å². The van der Waals surface area contributed by atoms with Gasteiger partial charge < -0.3 is 9.31 Å². The third-order valence-corrected chi connectivity index (χ3v) is 6.54. The molecule has 0 aromatic heterocycles. The molecular weight excluding hydrogens is 379 g/mol. The predicted octanol–water partition coefficient (Wildman–Crippen LogP) is 6.88. The van der Waals surface area contributed by atoms with Crippen LogP contribution in [-0.4, -0.2) is 18.3 Å². The number of benzene rings is 2. The average Bonchev–Trinajstić information content (AvgIpc) is 2.81. The van der Waals surface area contributed by atoms with Crippen LogP contribution in [-0.2, 0) is 20.1 Å². The fourth-order valence-corrected chi connectivity index (χ4v) is 4.07. The molecule has 1 heterocycles. The van der Waals surface area contributed by atoms with E-state index in [0.29, 0.717) is 0 Å². The van der Waals surface area contributed by atoms with Gasteiger partial charge in [-0.15, -0.1) is 0 Å². The fraction of sp³-hybridized carbons (Fsp3) is 0.571. The van der Waals surface area contributed by atoms with E-state index in [1.165, 1.54) is 22.3 Å². The maximum Gasteiger partial charge on any atom is 0.494 e. The summed E-state index contributed by atoms with van der Waals surface area (Å²) in [6.45, 7) is 26.1. The predicted molar refractivity (Wildman–Crippen MR) is 135 cm³/mol. The lowest BCUT2D eigenvalue weighted by molar-refractivity contribution is 0.00578. The van der Waals surface area contributed by atoms with Gasteiger partial charge in [0.05, 0.1) is 11.2 Å². The van der Waals surface area contributed by atoms with Crippen LogP contribution < -0.4 is 5.46 Å². The van der Waals surface area contributed by atoms with Crippen molar-refractivity contribution < 1.29 is 9.31 Å². The molecule has 2 nitrogen and oxygen atoms in total. The number of hydrogen-bond donors (Lipinski definition) is 0. The molecule has 0 N–H and O–H groups in total. The van der Waals surface area contributed by atoms with Crippen molar-refractivity contribution >= 4 is 12.6 Å². The van der Waals surface area contributed by atoms with E-state index >= 15 is 0 Å². The SMILES string of the molecule is Cc1cc(B2OC(C)(C)C(C)(C)O2)ccc1C(C)(C)C.Cc1ccccc1C(C)(C)C. The van der Waals surface area contributed by atoms with Gasteiger partial charge >= 0.3 is 7.12 Å². The van der Waals surface area contributed by atoms with Crippen LogP contribution in [0.5, 0.6) is 0 Å². The second-order valence-electron chi connectivity index (χ2n) is 12.0. The standard InChI is InChI=1S/C17H27BO2.C11H16/c1-12-11-13(9-10-14(12)15(2,3)4)18-19-16(5,6)17(7,8)20-18;1-9-7-5-6-8-10(9)11(2,3)4/h9-11H,1-8H3;5-8H,1-4H3. The summed E-state index contributed by atoms with van der Waals surface area (Å²) < 4.78 is 12.2. The molecule has 0 bridgehead atoms. The van der Waals surface area contributed by atoms with Crippen LogP contribution in [0.2, 0.25) is 0 Å². The molecule has 0 unspecified atom stereocenters. The smallest absolute Gasteiger partial charge is 0.399 e. The van der Waals surface area contributed by atoms with Crippen molar-refractivity contribution in [1.82, 2.24) is 0 Å². The molecule has 0 radical (unpaired) electrons. The van der Waals surface area contributed by atoms with Gasteiger partial charge in [0.1, 0.15) is 0 Å². The first kappa shape index (κ1) is 25.7. The molecule has 170 valence electrons. The highest BCUT2D eigenvalue weighted by Gasteiger charge is 2.51. The first-order chi connectivity index (χ1) is 14.0. The Morgan fingerprint density at radius 1 is 0.645 bits per heavy atom. The van der Waals surface area contributed by atoms with Gasteiger partial charge in [-0.05, 0) is 80.1 Å². The molecule has 2 aromatic rings. The highest BCUT2D eigenvalue weighted by molar-refractivity contribution is 6.62. The Morgan fingerprint density at radius 3 is 1.48 bits per heavy atom. The summed E-state index contributed by atoms with van der Waals surface area (Å²) in [4.78, 5) is 0. The van der Waals surface area contributed by atoms with E-state index in [1.807, 2.05) is 0 Å². The molecule has 31 heavy (non-hydrogen) atoms. The van der Waals surface area contributed by atoms with Crippen molar-refractivity contribution in [2.45, 2.75) is 105 Å². The molecule has 3 rings (SSSR count). The van der Waals surface area contributed by atoms with Gasteiger partial charge in [0.25, 0.3) is 0 Å². The van der Waals surface area contributed by atoms with E-state index in [9.17, 15) is 0 Å². The molecule has 0 spiro atoms. The lowest BCUT2D eigenvalue weighted by Gasteiger charge is -2.32. The van der Waals surface area contributed by atoms with Gasteiger partial charge in [0, 0.05) is 0 Å². The summed E-state index contributed by atoms with van der Waals surface area (Å²) in [5, 5.41) is 0. The van der Waals surface area contributed by atoms with E-state index in [2.05, 4.69) is 126 Å². The highest BCUT2D eigenvalue weighted by atomic mass is 16.7. The number of hydrogen-bond acceptors (Lipinski definition) is 2. The van der Waals surface area contributed by atoms with Crippen molar-refractivity contribution in [2.24, 2.45) is 0 Å². The zero-order valence-corrected chi connectivity index (χ0v) is 21.9. The molecule has 0 aliphatic carbocycles. The van der Waals surface area contributed by atoms with Crippen molar-refractivity contribution in [2.75, 3.05) is 0 Å². The average molecular weight is 422 g/mol. The summed E-state index contributed by atoms with van der Waals surface area (Å²) >= 11 is 0. The molecule has 0 atom stereocenters. The van der Waals surface area contributed by atoms with Crippen LogP contribution >= 0.6 is 0 Å². The van der Waals surface area contributed by atoms with Gasteiger partial charge in [0.15, 0.2) is 0 Å². The number of aryl methyl sites for hydroxylation is 2. The monoisotopic (exact) mass is 422 g/mol. The van der Waals surface area contributed by atoms with Gasteiger partial charge in [-0.3, -0.25) is 0 Å². The van der Waals surface area contributed by atoms with Gasteiger partial charge in [-0.1, -0.05) is 84.0 Å². The molecule has 2 aromatic carbocycles. The zero-order chi connectivity index (χ0) is 23.8. The molecule has 0 amide bonds. The minimum absolute atomic E-state index is 0.165. The van der Waals surface area contributed by atoms with Crippen LogP contribution in [0.25, 0.3) is 0 Å². The molecule has 1 fully saturated rings. The Kier molecular flexibility index (Phi) is 7.25. The zero-order valence-electron chi connectivity index (χ0n) is 21.9. The molecule has 3 heteroatoms. The topological polar surface area (TPSA) is 18.5 Å². The van der Waals surface area contributed by atoms with E-state index in [0.717, 1.165) is 5.46 Å². The summed E-state index contributed by atoms with van der Waals surface area (Å²) in [5.74, 6) is 0. The summed E-state index contributed by atoms with van der Waals surface area (Å²) in [6, 6.07) is 15.1. The van der Waals surface area contributed by atoms with E-state index in [1.54, 1.807) is 0 Å². The van der Waals surface area contributed by atoms with Crippen LogP contribution in [0, 0.1) is 13.8 Å². The second-order valence-corrected chi connectivity index (χ2v) is 12.0. The largest absolute Gasteiger partial charge is 0.494 e. The summed E-state index contributed by atoms with van der Waals surface area (Å²) in [6.07, 6.45) is 0. The summed E-state index contributed by atoms with van der Waals surface area (Å²) in [7, 11) is -0.271. The summed E-state index contributed by atoms with van der Waals surface area (Å²) in [5.41, 5.74) is 6.49. The van der Waals surface area contributed by atoms with Gasteiger partial charge in [-0.25, -0.2) is 0 Å². The van der Waals surface area contributed by atoms with Crippen LogP contribution in [0.4, 0.5) is 0 Å². The Labute approximate surface area is 191 Å². The minimum Gasteiger partial charge on any atom is -0.399 e.